The third-order valence-corrected chi connectivity index (χ3v) is 2.85. The molecule has 110 valence electrons. The van der Waals surface area contributed by atoms with Crippen LogP contribution in [0.5, 0.6) is 5.75 Å². The van der Waals surface area contributed by atoms with Crippen LogP contribution < -0.4 is 10.2 Å². The summed E-state index contributed by atoms with van der Waals surface area (Å²) >= 11 is 0. The second kappa shape index (κ2) is 6.91. The third-order valence-electron chi connectivity index (χ3n) is 2.85. The molecule has 0 radical (unpaired) electrons. The van der Waals surface area contributed by atoms with Crippen molar-refractivity contribution in [3.8, 4) is 5.75 Å². The third kappa shape index (κ3) is 3.48. The summed E-state index contributed by atoms with van der Waals surface area (Å²) in [6.45, 7) is 0.269. The van der Waals surface area contributed by atoms with Crippen LogP contribution in [0.3, 0.4) is 0 Å². The van der Waals surface area contributed by atoms with Crippen LogP contribution in [-0.2, 0) is 23.2 Å². The minimum absolute atomic E-state index is 0.196. The van der Waals surface area contributed by atoms with E-state index in [1.807, 2.05) is 0 Å². The largest absolute Gasteiger partial charge is 0.491 e. The van der Waals surface area contributed by atoms with E-state index >= 15 is 0 Å². The van der Waals surface area contributed by atoms with Gasteiger partial charge in [0, 0.05) is 39.9 Å². The van der Waals surface area contributed by atoms with Gasteiger partial charge in [0.25, 0.3) is 0 Å². The van der Waals surface area contributed by atoms with Crippen LogP contribution in [0.4, 0.5) is 0 Å². The van der Waals surface area contributed by atoms with E-state index < -0.39 is 0 Å². The molecule has 1 rings (SSSR count). The molecule has 0 spiro atoms. The van der Waals surface area contributed by atoms with Gasteiger partial charge in [-0.05, 0) is 6.08 Å². The molecule has 1 heterocycles. The molecule has 6 heteroatoms. The number of nitrogens with zero attached hydrogens (tertiary/aromatic N) is 2. The van der Waals surface area contributed by atoms with Gasteiger partial charge in [-0.1, -0.05) is 0 Å². The van der Waals surface area contributed by atoms with Crippen LogP contribution in [0.2, 0.25) is 0 Å². The number of aryl methyl sites for hydroxylation is 1. The maximum absolute atomic E-state index is 12.3. The summed E-state index contributed by atoms with van der Waals surface area (Å²) in [6, 6.07) is 0. The molecule has 0 aliphatic heterocycles. The number of carbonyl (C=O) groups is 1. The number of carbonyl (C=O) groups excluding carboxylic acids is 1. The maximum Gasteiger partial charge on any atom is 0.246 e. The van der Waals surface area contributed by atoms with Crippen LogP contribution in [0.1, 0.15) is 11.3 Å². The van der Waals surface area contributed by atoms with E-state index in [1.54, 1.807) is 39.0 Å². The van der Waals surface area contributed by atoms with Crippen molar-refractivity contribution in [1.82, 2.24) is 9.47 Å². The van der Waals surface area contributed by atoms with Gasteiger partial charge in [0.2, 0.25) is 11.3 Å². The Kier molecular flexibility index (Phi) is 5.52. The fourth-order valence-electron chi connectivity index (χ4n) is 1.70. The van der Waals surface area contributed by atoms with Crippen molar-refractivity contribution in [2.75, 3.05) is 28.3 Å². The molecule has 0 fully saturated rings. The number of pyridine rings is 1. The predicted octanol–water partition coefficient (Wildman–Crippen LogP) is 0.642. The molecule has 0 unspecified atom stereocenters. The van der Waals surface area contributed by atoms with Crippen molar-refractivity contribution >= 4 is 12.0 Å². The first-order chi connectivity index (χ1) is 9.42. The predicted molar refractivity (Wildman–Crippen MR) is 76.7 cm³/mol. The maximum atomic E-state index is 12.3. The Balaban J connectivity index is 3.37. The highest BCUT2D eigenvalue weighted by Gasteiger charge is 2.13. The SMILES string of the molecule is COCc1c(/C=C/C(=O)N(C)C)c(=O)c(OC)cn1C. The first-order valence-electron chi connectivity index (χ1n) is 6.07. The zero-order valence-corrected chi connectivity index (χ0v) is 12.5. The van der Waals surface area contributed by atoms with Crippen LogP contribution in [-0.4, -0.2) is 43.7 Å². The van der Waals surface area contributed by atoms with Gasteiger partial charge in [-0.2, -0.15) is 0 Å². The lowest BCUT2D eigenvalue weighted by Gasteiger charge is -2.13. The zero-order chi connectivity index (χ0) is 15.3. The molecule has 0 saturated heterocycles. The Bertz CT molecular complexity index is 573. The van der Waals surface area contributed by atoms with E-state index in [4.69, 9.17) is 9.47 Å². The van der Waals surface area contributed by atoms with Crippen LogP contribution in [0, 0.1) is 0 Å². The molecule has 1 amide bonds. The van der Waals surface area contributed by atoms with Crippen molar-refractivity contribution in [3.05, 3.63) is 33.8 Å². The Morgan fingerprint density at radius 2 is 2.05 bits per heavy atom. The molecule has 20 heavy (non-hydrogen) atoms. The lowest BCUT2D eigenvalue weighted by molar-refractivity contribution is -0.123. The highest BCUT2D eigenvalue weighted by atomic mass is 16.5. The fourth-order valence-corrected chi connectivity index (χ4v) is 1.70. The van der Waals surface area contributed by atoms with E-state index in [0.717, 1.165) is 0 Å². The Labute approximate surface area is 118 Å². The molecule has 0 N–H and O–H groups in total. The van der Waals surface area contributed by atoms with Crippen LogP contribution >= 0.6 is 0 Å². The average molecular weight is 280 g/mol. The van der Waals surface area contributed by atoms with Gasteiger partial charge in [0.15, 0.2) is 5.75 Å². The smallest absolute Gasteiger partial charge is 0.246 e. The first kappa shape index (κ1) is 16.0. The van der Waals surface area contributed by atoms with E-state index in [2.05, 4.69) is 0 Å². The van der Waals surface area contributed by atoms with Gasteiger partial charge >= 0.3 is 0 Å². The molecule has 0 saturated carbocycles. The standard InChI is InChI=1S/C14H20N2O4/c1-15(2)13(17)7-6-10-11(9-19-4)16(3)8-12(20-5)14(10)18/h6-8H,9H2,1-5H3/b7-6+. The molecular formula is C14H20N2O4. The van der Waals surface area contributed by atoms with E-state index in [0.29, 0.717) is 11.3 Å². The topological polar surface area (TPSA) is 60.8 Å². The molecule has 0 aromatic carbocycles. The van der Waals surface area contributed by atoms with Crippen LogP contribution in [0.15, 0.2) is 17.1 Å². The van der Waals surface area contributed by atoms with Crippen molar-refractivity contribution in [2.45, 2.75) is 6.61 Å². The zero-order valence-electron chi connectivity index (χ0n) is 12.5. The highest BCUT2D eigenvalue weighted by molar-refractivity contribution is 5.91. The molecule has 0 aliphatic rings. The number of amides is 1. The molecule has 6 nitrogen and oxygen atoms in total. The monoisotopic (exact) mass is 280 g/mol. The number of ether oxygens (including phenoxy) is 2. The second-order valence-electron chi connectivity index (χ2n) is 4.50. The van der Waals surface area contributed by atoms with Crippen molar-refractivity contribution < 1.29 is 14.3 Å². The van der Waals surface area contributed by atoms with Gasteiger partial charge in [-0.25, -0.2) is 0 Å². The number of rotatable bonds is 5. The number of aromatic nitrogens is 1. The Morgan fingerprint density at radius 3 is 2.55 bits per heavy atom. The van der Waals surface area contributed by atoms with Gasteiger partial charge in [-0.3, -0.25) is 9.59 Å². The first-order valence-corrected chi connectivity index (χ1v) is 6.07. The number of hydrogen-bond donors (Lipinski definition) is 0. The minimum Gasteiger partial charge on any atom is -0.491 e. The Morgan fingerprint density at radius 1 is 1.40 bits per heavy atom. The number of likely N-dealkylation sites (N-methyl/N-ethyl adjacent to an activating group) is 1. The second-order valence-corrected chi connectivity index (χ2v) is 4.50. The normalized spacial score (nSPS) is 10.8. The van der Waals surface area contributed by atoms with Crippen LogP contribution in [0.25, 0.3) is 6.08 Å². The minimum atomic E-state index is -0.263. The molecule has 0 bridgehead atoms. The van der Waals surface area contributed by atoms with Crippen molar-refractivity contribution in [1.29, 1.82) is 0 Å². The molecular weight excluding hydrogens is 260 g/mol. The lowest BCUT2D eigenvalue weighted by Crippen LogP contribution is -2.20. The summed E-state index contributed by atoms with van der Waals surface area (Å²) in [5, 5.41) is 0. The number of methoxy groups -OCH3 is 2. The average Bonchev–Trinajstić information content (AvgIpc) is 2.41. The van der Waals surface area contributed by atoms with Gasteiger partial charge < -0.3 is 18.9 Å². The number of hydrogen-bond acceptors (Lipinski definition) is 4. The van der Waals surface area contributed by atoms with Gasteiger partial charge in [0.05, 0.1) is 25.6 Å². The van der Waals surface area contributed by atoms with E-state index in [9.17, 15) is 9.59 Å². The molecule has 0 aliphatic carbocycles. The van der Waals surface area contributed by atoms with E-state index in [-0.39, 0.29) is 23.7 Å². The molecule has 1 aromatic heterocycles. The van der Waals surface area contributed by atoms with Gasteiger partial charge in [0.1, 0.15) is 0 Å². The Hall–Kier alpha value is -2.08. The summed E-state index contributed by atoms with van der Waals surface area (Å²) in [6.07, 6.45) is 4.46. The summed E-state index contributed by atoms with van der Waals surface area (Å²) in [5.41, 5.74) is 0.811. The van der Waals surface area contributed by atoms with E-state index in [1.165, 1.54) is 24.2 Å². The summed E-state index contributed by atoms with van der Waals surface area (Å²) in [5.74, 6) is 0.0301. The highest BCUT2D eigenvalue weighted by Crippen LogP contribution is 2.13. The fraction of sp³-hybridized carbons (Fsp3) is 0.429. The molecule has 1 aromatic rings. The summed E-state index contributed by atoms with van der Waals surface area (Å²) in [7, 11) is 8.07. The van der Waals surface area contributed by atoms with Crippen molar-refractivity contribution in [3.63, 3.8) is 0 Å². The summed E-state index contributed by atoms with van der Waals surface area (Å²) in [4.78, 5) is 25.3. The summed E-state index contributed by atoms with van der Waals surface area (Å²) < 4.78 is 11.9. The van der Waals surface area contributed by atoms with Gasteiger partial charge in [-0.15, -0.1) is 0 Å². The quantitative estimate of drug-likeness (QED) is 0.743. The van der Waals surface area contributed by atoms with Crippen molar-refractivity contribution in [2.24, 2.45) is 7.05 Å². The lowest BCUT2D eigenvalue weighted by atomic mass is 10.1. The molecule has 0 atom stereocenters.